The van der Waals surface area contributed by atoms with Gasteiger partial charge in [0, 0.05) is 0 Å². The van der Waals surface area contributed by atoms with Crippen LogP contribution in [0.3, 0.4) is 0 Å². The van der Waals surface area contributed by atoms with Gasteiger partial charge in [0.1, 0.15) is 0 Å². The maximum Gasteiger partial charge on any atom is 0.0568 e. The van der Waals surface area contributed by atoms with Crippen LogP contribution in [0.4, 0.5) is 0 Å². The quantitative estimate of drug-likeness (QED) is 0.457. The monoisotopic (exact) mass is 412 g/mol. The second kappa shape index (κ2) is 8.09. The average molecular weight is 413 g/mol. The van der Waals surface area contributed by atoms with Gasteiger partial charge in [-0.05, 0) is 117 Å². The van der Waals surface area contributed by atoms with Crippen molar-refractivity contribution in [3.8, 4) is 0 Å². The summed E-state index contributed by atoms with van der Waals surface area (Å²) in [6, 6.07) is 0. The van der Waals surface area contributed by atoms with Gasteiger partial charge in [-0.25, -0.2) is 0 Å². The third-order valence-corrected chi connectivity index (χ3v) is 11.2. The Bertz CT molecular complexity index is 690. The normalized spacial score (nSPS) is 47.5. The molecule has 0 aromatic heterocycles. The molecule has 170 valence electrons. The molecule has 0 radical (unpaired) electrons. The molecule has 0 spiro atoms. The van der Waals surface area contributed by atoms with Crippen molar-refractivity contribution >= 4 is 0 Å². The molecule has 0 amide bonds. The Kier molecular flexibility index (Phi) is 6.10. The second-order valence-electron chi connectivity index (χ2n) is 12.7. The molecule has 1 N–H and O–H groups in total. The molecule has 0 bridgehead atoms. The van der Waals surface area contributed by atoms with E-state index in [1.165, 1.54) is 56.9 Å². The summed E-state index contributed by atoms with van der Waals surface area (Å²) in [7, 11) is 0. The summed E-state index contributed by atoms with van der Waals surface area (Å²) < 4.78 is 0. The van der Waals surface area contributed by atoms with Gasteiger partial charge in [0.2, 0.25) is 0 Å². The summed E-state index contributed by atoms with van der Waals surface area (Å²) in [4.78, 5) is 0. The van der Waals surface area contributed by atoms with Gasteiger partial charge in [-0.1, -0.05) is 58.4 Å². The Balaban J connectivity index is 1.52. The van der Waals surface area contributed by atoms with Crippen LogP contribution < -0.4 is 0 Å². The largest absolute Gasteiger partial charge is 0.393 e. The van der Waals surface area contributed by atoms with Gasteiger partial charge in [-0.2, -0.15) is 0 Å². The lowest BCUT2D eigenvalue weighted by Gasteiger charge is -2.59. The van der Waals surface area contributed by atoms with Gasteiger partial charge in [-0.3, -0.25) is 0 Å². The van der Waals surface area contributed by atoms with Gasteiger partial charge in [-0.15, -0.1) is 0 Å². The predicted octanol–water partition coefficient (Wildman–Crippen LogP) is 7.80. The van der Waals surface area contributed by atoms with E-state index in [4.69, 9.17) is 0 Å². The van der Waals surface area contributed by atoms with Crippen LogP contribution in [0.15, 0.2) is 23.8 Å². The molecule has 4 rings (SSSR count). The van der Waals surface area contributed by atoms with Crippen molar-refractivity contribution in [1.29, 1.82) is 0 Å². The van der Waals surface area contributed by atoms with Crippen LogP contribution in [0, 0.1) is 52.3 Å². The zero-order valence-corrected chi connectivity index (χ0v) is 20.7. The molecule has 0 aliphatic heterocycles. The molecule has 0 unspecified atom stereocenters. The molecule has 30 heavy (non-hydrogen) atoms. The summed E-state index contributed by atoms with van der Waals surface area (Å²) in [6.07, 6.45) is 14.4. The highest BCUT2D eigenvalue weighted by atomic mass is 16.3. The number of hydrogen-bond acceptors (Lipinski definition) is 1. The van der Waals surface area contributed by atoms with Gasteiger partial charge >= 0.3 is 0 Å². The van der Waals surface area contributed by atoms with Gasteiger partial charge < -0.3 is 5.11 Å². The first-order valence-electron chi connectivity index (χ1n) is 13.1. The molecule has 3 saturated carbocycles. The lowest BCUT2D eigenvalue weighted by atomic mass is 9.46. The minimum Gasteiger partial charge on any atom is -0.393 e. The van der Waals surface area contributed by atoms with Crippen LogP contribution in [0.2, 0.25) is 0 Å². The second-order valence-corrected chi connectivity index (χ2v) is 12.7. The molecule has 1 heteroatoms. The summed E-state index contributed by atoms with van der Waals surface area (Å²) in [5.74, 6) is 5.12. The van der Waals surface area contributed by atoms with E-state index < -0.39 is 0 Å². The fourth-order valence-electron chi connectivity index (χ4n) is 8.88. The highest BCUT2D eigenvalue weighted by Gasteiger charge is 2.59. The third kappa shape index (κ3) is 3.46. The molecule has 4 aliphatic carbocycles. The Labute approximate surface area is 186 Å². The zero-order valence-electron chi connectivity index (χ0n) is 20.7. The minimum absolute atomic E-state index is 0.0785. The molecule has 3 fully saturated rings. The van der Waals surface area contributed by atoms with E-state index in [9.17, 15) is 5.11 Å². The summed E-state index contributed by atoms with van der Waals surface area (Å²) in [5, 5.41) is 10.5. The number of hydrogen-bond donors (Lipinski definition) is 1. The topological polar surface area (TPSA) is 20.2 Å². The van der Waals surface area contributed by atoms with E-state index >= 15 is 0 Å². The molecule has 0 aromatic carbocycles. The van der Waals surface area contributed by atoms with Gasteiger partial charge in [0.05, 0.1) is 6.10 Å². The third-order valence-electron chi connectivity index (χ3n) is 11.2. The zero-order chi connectivity index (χ0) is 21.8. The number of aliphatic hydroxyl groups is 1. The van der Waals surface area contributed by atoms with Crippen LogP contribution in [-0.2, 0) is 0 Å². The van der Waals surface area contributed by atoms with Crippen molar-refractivity contribution in [2.45, 2.75) is 105 Å². The van der Waals surface area contributed by atoms with Crippen molar-refractivity contribution < 1.29 is 5.11 Å². The van der Waals surface area contributed by atoms with E-state index in [1.807, 2.05) is 5.57 Å². The molecule has 1 nitrogen and oxygen atoms in total. The fourth-order valence-corrected chi connectivity index (χ4v) is 8.88. The van der Waals surface area contributed by atoms with Crippen LogP contribution in [0.5, 0.6) is 0 Å². The summed E-state index contributed by atoms with van der Waals surface area (Å²) in [5.41, 5.74) is 4.14. The van der Waals surface area contributed by atoms with Crippen molar-refractivity contribution in [1.82, 2.24) is 0 Å². The highest BCUT2D eigenvalue weighted by Crippen LogP contribution is 2.67. The van der Waals surface area contributed by atoms with Crippen LogP contribution in [-0.4, -0.2) is 11.2 Å². The molecule has 0 heterocycles. The van der Waals surface area contributed by atoms with Crippen LogP contribution >= 0.6 is 0 Å². The Morgan fingerprint density at radius 3 is 2.43 bits per heavy atom. The van der Waals surface area contributed by atoms with Crippen LogP contribution in [0.25, 0.3) is 0 Å². The van der Waals surface area contributed by atoms with Crippen molar-refractivity contribution in [3.05, 3.63) is 23.8 Å². The molecule has 0 saturated heterocycles. The minimum atomic E-state index is -0.0785. The molecule has 10 atom stereocenters. The maximum absolute atomic E-state index is 10.5. The van der Waals surface area contributed by atoms with Crippen LogP contribution in [0.1, 0.15) is 99.3 Å². The lowest BCUT2D eigenvalue weighted by molar-refractivity contribution is -0.0773. The standard InChI is InChI=1S/C29H48O/c1-18(2)19(3)8-9-20(4)23-12-13-25-22-10-11-24-21(5)27(30)15-17-29(24,7)26(22)14-16-28(23,25)6/h10,19-21,23-27,30H,1,8-9,11-17H2,2-7H3/t19-,20+,21-,23+,24-,25-,26-,27-,28+,29-/m0/s1. The number of rotatable bonds is 5. The Morgan fingerprint density at radius 2 is 1.73 bits per heavy atom. The van der Waals surface area contributed by atoms with Crippen molar-refractivity contribution in [3.63, 3.8) is 0 Å². The molecular formula is C29H48O. The van der Waals surface area contributed by atoms with E-state index in [0.29, 0.717) is 28.6 Å². The smallest absolute Gasteiger partial charge is 0.0568 e. The first-order valence-corrected chi connectivity index (χ1v) is 13.1. The Morgan fingerprint density at radius 1 is 1.07 bits per heavy atom. The van der Waals surface area contributed by atoms with Gasteiger partial charge in [0.15, 0.2) is 0 Å². The van der Waals surface area contributed by atoms with E-state index in [1.54, 1.807) is 0 Å². The lowest BCUT2D eigenvalue weighted by Crippen LogP contribution is -2.52. The summed E-state index contributed by atoms with van der Waals surface area (Å²) in [6.45, 7) is 18.8. The SMILES string of the molecule is C=C(C)[C@@H](C)CC[C@@H](C)[C@H]1CC[C@H]2C3=CC[C@H]4[C@H](C)[C@@H](O)CC[C@]4(C)[C@H]3CC[C@]12C. The van der Waals surface area contributed by atoms with E-state index in [0.717, 1.165) is 30.1 Å². The predicted molar refractivity (Wildman–Crippen MR) is 128 cm³/mol. The maximum atomic E-state index is 10.5. The van der Waals surface area contributed by atoms with E-state index in [2.05, 4.69) is 54.2 Å². The molecule has 4 aliphatic rings. The number of aliphatic hydroxyl groups excluding tert-OH is 1. The number of allylic oxidation sites excluding steroid dienone is 3. The first kappa shape index (κ1) is 22.6. The molecular weight excluding hydrogens is 364 g/mol. The van der Waals surface area contributed by atoms with E-state index in [-0.39, 0.29) is 6.10 Å². The van der Waals surface area contributed by atoms with Crippen molar-refractivity contribution in [2.75, 3.05) is 0 Å². The first-order chi connectivity index (χ1) is 14.1. The number of fused-ring (bicyclic) bond motifs is 5. The summed E-state index contributed by atoms with van der Waals surface area (Å²) >= 11 is 0. The fraction of sp³-hybridized carbons (Fsp3) is 0.862. The highest BCUT2D eigenvalue weighted by molar-refractivity contribution is 5.28. The molecule has 0 aromatic rings. The van der Waals surface area contributed by atoms with Gasteiger partial charge in [0.25, 0.3) is 0 Å². The Hall–Kier alpha value is -0.560. The van der Waals surface area contributed by atoms with Crippen molar-refractivity contribution in [2.24, 2.45) is 52.3 Å². The average Bonchev–Trinajstić information content (AvgIpc) is 3.06.